The standard InChI is InChI=1S/C7H16N2.C2H6/c8-4-7-9-5-2-1-3-6-9;1-2/h1-8H2;1-2H3. The molecule has 1 heterocycles. The smallest absolute Gasteiger partial charge is 0.0105 e. The summed E-state index contributed by atoms with van der Waals surface area (Å²) >= 11 is 0. The molecular formula is C9H22N2. The molecule has 2 nitrogen and oxygen atoms in total. The molecule has 1 saturated heterocycles. The van der Waals surface area contributed by atoms with Crippen LogP contribution in [0.5, 0.6) is 0 Å². The van der Waals surface area contributed by atoms with Gasteiger partial charge >= 0.3 is 0 Å². The Labute approximate surface area is 70.8 Å². The van der Waals surface area contributed by atoms with Gasteiger partial charge in [-0.3, -0.25) is 0 Å². The lowest BCUT2D eigenvalue weighted by Crippen LogP contribution is -2.33. The summed E-state index contributed by atoms with van der Waals surface area (Å²) in [4.78, 5) is 2.45. The van der Waals surface area contributed by atoms with Crippen molar-refractivity contribution in [3.63, 3.8) is 0 Å². The van der Waals surface area contributed by atoms with Crippen LogP contribution in [0.25, 0.3) is 0 Å². The molecule has 0 aromatic rings. The minimum atomic E-state index is 0.819. The van der Waals surface area contributed by atoms with Gasteiger partial charge < -0.3 is 10.6 Å². The van der Waals surface area contributed by atoms with E-state index >= 15 is 0 Å². The van der Waals surface area contributed by atoms with Crippen LogP contribution in [0.2, 0.25) is 0 Å². The lowest BCUT2D eigenvalue weighted by molar-refractivity contribution is 0.235. The Morgan fingerprint density at radius 2 is 1.64 bits per heavy atom. The summed E-state index contributed by atoms with van der Waals surface area (Å²) in [5.74, 6) is 0. The topological polar surface area (TPSA) is 29.3 Å². The zero-order valence-corrected chi connectivity index (χ0v) is 7.97. The summed E-state index contributed by atoms with van der Waals surface area (Å²) in [6.45, 7) is 8.47. The van der Waals surface area contributed by atoms with Crippen molar-refractivity contribution in [1.29, 1.82) is 0 Å². The molecule has 0 unspecified atom stereocenters. The van der Waals surface area contributed by atoms with E-state index in [1.54, 1.807) is 0 Å². The van der Waals surface area contributed by atoms with Crippen LogP contribution in [-0.4, -0.2) is 31.1 Å². The number of rotatable bonds is 2. The lowest BCUT2D eigenvalue weighted by Gasteiger charge is -2.25. The molecule has 0 bridgehead atoms. The summed E-state index contributed by atoms with van der Waals surface area (Å²) in [7, 11) is 0. The number of hydrogen-bond donors (Lipinski definition) is 1. The van der Waals surface area contributed by atoms with E-state index in [0.717, 1.165) is 13.1 Å². The van der Waals surface area contributed by atoms with Crippen molar-refractivity contribution in [2.75, 3.05) is 26.2 Å². The first-order valence-corrected chi connectivity index (χ1v) is 4.86. The maximum Gasteiger partial charge on any atom is 0.0105 e. The predicted octanol–water partition coefficient (Wildman–Crippen LogP) is 1.46. The molecular weight excluding hydrogens is 136 g/mol. The fraction of sp³-hybridized carbons (Fsp3) is 1.00. The molecule has 0 aromatic heterocycles. The summed E-state index contributed by atoms with van der Waals surface area (Å²) < 4.78 is 0. The monoisotopic (exact) mass is 158 g/mol. The highest BCUT2D eigenvalue weighted by atomic mass is 15.1. The van der Waals surface area contributed by atoms with Crippen LogP contribution in [0.3, 0.4) is 0 Å². The Balaban J connectivity index is 0.000000461. The van der Waals surface area contributed by atoms with Crippen LogP contribution in [0.15, 0.2) is 0 Å². The summed E-state index contributed by atoms with van der Waals surface area (Å²) in [6, 6.07) is 0. The van der Waals surface area contributed by atoms with Crippen molar-refractivity contribution in [2.45, 2.75) is 33.1 Å². The molecule has 0 aliphatic carbocycles. The normalized spacial score (nSPS) is 18.8. The van der Waals surface area contributed by atoms with Crippen molar-refractivity contribution in [2.24, 2.45) is 5.73 Å². The third-order valence-electron chi connectivity index (χ3n) is 1.89. The second kappa shape index (κ2) is 8.02. The van der Waals surface area contributed by atoms with Gasteiger partial charge in [-0.2, -0.15) is 0 Å². The van der Waals surface area contributed by atoms with Gasteiger partial charge in [0.25, 0.3) is 0 Å². The predicted molar refractivity (Wildman–Crippen MR) is 50.7 cm³/mol. The number of likely N-dealkylation sites (tertiary alicyclic amines) is 1. The van der Waals surface area contributed by atoms with E-state index in [1.165, 1.54) is 32.4 Å². The maximum atomic E-state index is 5.42. The Kier molecular flexibility index (Phi) is 7.96. The number of hydrogen-bond acceptors (Lipinski definition) is 2. The van der Waals surface area contributed by atoms with Crippen LogP contribution >= 0.6 is 0 Å². The number of nitrogens with zero attached hydrogens (tertiary/aromatic N) is 1. The third-order valence-corrected chi connectivity index (χ3v) is 1.89. The van der Waals surface area contributed by atoms with Crippen LogP contribution in [0, 0.1) is 0 Å². The van der Waals surface area contributed by atoms with Gasteiger partial charge in [0.2, 0.25) is 0 Å². The zero-order valence-electron chi connectivity index (χ0n) is 7.97. The van der Waals surface area contributed by atoms with E-state index in [1.807, 2.05) is 13.8 Å². The summed E-state index contributed by atoms with van der Waals surface area (Å²) in [6.07, 6.45) is 4.17. The van der Waals surface area contributed by atoms with Gasteiger partial charge in [0, 0.05) is 13.1 Å². The molecule has 0 radical (unpaired) electrons. The average Bonchev–Trinajstić information content (AvgIpc) is 2.11. The second-order valence-corrected chi connectivity index (χ2v) is 2.69. The molecule has 1 rings (SSSR count). The molecule has 0 atom stereocenters. The van der Waals surface area contributed by atoms with E-state index in [2.05, 4.69) is 4.90 Å². The molecule has 68 valence electrons. The first-order valence-electron chi connectivity index (χ1n) is 4.86. The van der Waals surface area contributed by atoms with Crippen LogP contribution in [-0.2, 0) is 0 Å². The van der Waals surface area contributed by atoms with Gasteiger partial charge in [0.15, 0.2) is 0 Å². The summed E-state index contributed by atoms with van der Waals surface area (Å²) in [5.41, 5.74) is 5.42. The Morgan fingerprint density at radius 1 is 1.09 bits per heavy atom. The van der Waals surface area contributed by atoms with E-state index < -0.39 is 0 Å². The minimum absolute atomic E-state index is 0.819. The molecule has 0 saturated carbocycles. The zero-order chi connectivity index (χ0) is 8.53. The Morgan fingerprint density at radius 3 is 2.09 bits per heavy atom. The number of piperidine rings is 1. The first-order chi connectivity index (χ1) is 5.43. The molecule has 11 heavy (non-hydrogen) atoms. The highest BCUT2D eigenvalue weighted by molar-refractivity contribution is 4.63. The molecule has 0 amide bonds. The van der Waals surface area contributed by atoms with E-state index in [-0.39, 0.29) is 0 Å². The largest absolute Gasteiger partial charge is 0.329 e. The quantitative estimate of drug-likeness (QED) is 0.659. The van der Waals surface area contributed by atoms with Crippen LogP contribution < -0.4 is 5.73 Å². The minimum Gasteiger partial charge on any atom is -0.329 e. The van der Waals surface area contributed by atoms with Crippen LogP contribution in [0.1, 0.15) is 33.1 Å². The van der Waals surface area contributed by atoms with E-state index in [4.69, 9.17) is 5.73 Å². The highest BCUT2D eigenvalue weighted by Gasteiger charge is 2.07. The van der Waals surface area contributed by atoms with Crippen molar-refractivity contribution < 1.29 is 0 Å². The molecule has 0 aromatic carbocycles. The van der Waals surface area contributed by atoms with E-state index in [0.29, 0.717) is 0 Å². The third kappa shape index (κ3) is 5.22. The molecule has 2 N–H and O–H groups in total. The van der Waals surface area contributed by atoms with Gasteiger partial charge in [-0.1, -0.05) is 20.3 Å². The number of nitrogens with two attached hydrogens (primary N) is 1. The maximum absolute atomic E-state index is 5.42. The van der Waals surface area contributed by atoms with Crippen molar-refractivity contribution in [1.82, 2.24) is 4.90 Å². The van der Waals surface area contributed by atoms with E-state index in [9.17, 15) is 0 Å². The van der Waals surface area contributed by atoms with Crippen LogP contribution in [0.4, 0.5) is 0 Å². The van der Waals surface area contributed by atoms with Gasteiger partial charge in [0.05, 0.1) is 0 Å². The highest BCUT2D eigenvalue weighted by Crippen LogP contribution is 2.06. The summed E-state index contributed by atoms with van der Waals surface area (Å²) in [5, 5.41) is 0. The fourth-order valence-corrected chi connectivity index (χ4v) is 1.37. The molecule has 1 aliphatic rings. The first kappa shape index (κ1) is 10.9. The van der Waals surface area contributed by atoms with Crippen molar-refractivity contribution in [3.8, 4) is 0 Å². The fourth-order valence-electron chi connectivity index (χ4n) is 1.37. The van der Waals surface area contributed by atoms with Gasteiger partial charge in [-0.25, -0.2) is 0 Å². The van der Waals surface area contributed by atoms with Gasteiger partial charge in [0.1, 0.15) is 0 Å². The SMILES string of the molecule is CC.NCCN1CCCCC1. The average molecular weight is 158 g/mol. The Hall–Kier alpha value is -0.0800. The molecule has 1 aliphatic heterocycles. The van der Waals surface area contributed by atoms with Gasteiger partial charge in [-0.05, 0) is 25.9 Å². The molecule has 0 spiro atoms. The second-order valence-electron chi connectivity index (χ2n) is 2.69. The molecule has 2 heteroatoms. The Bertz CT molecular complexity index is 65.2. The lowest BCUT2D eigenvalue weighted by atomic mass is 10.1. The van der Waals surface area contributed by atoms with Crippen molar-refractivity contribution in [3.05, 3.63) is 0 Å². The molecule has 1 fully saturated rings. The van der Waals surface area contributed by atoms with Crippen molar-refractivity contribution >= 4 is 0 Å². The van der Waals surface area contributed by atoms with Gasteiger partial charge in [-0.15, -0.1) is 0 Å².